The van der Waals surface area contributed by atoms with Gasteiger partial charge in [0.15, 0.2) is 0 Å². The van der Waals surface area contributed by atoms with E-state index < -0.39 is 11.9 Å². The minimum Gasteiger partial charge on any atom is -0.481 e. The number of aliphatic carboxylic acids is 1. The first-order valence-corrected chi connectivity index (χ1v) is 6.46. The molecular weight excluding hydrogens is 218 g/mol. The highest BCUT2D eigenvalue weighted by Crippen LogP contribution is 2.25. The zero-order chi connectivity index (χ0) is 13.0. The van der Waals surface area contributed by atoms with Crippen LogP contribution in [-0.2, 0) is 9.59 Å². The molecule has 0 heterocycles. The van der Waals surface area contributed by atoms with Gasteiger partial charge in [0.1, 0.15) is 0 Å². The van der Waals surface area contributed by atoms with Crippen LogP contribution < -0.4 is 0 Å². The molecule has 1 N–H and O–H groups in total. The number of carbonyl (C=O) groups is 2. The number of hydrogen-bond donors (Lipinski definition) is 1. The first kappa shape index (κ1) is 14.0. The van der Waals surface area contributed by atoms with Gasteiger partial charge < -0.3 is 10.0 Å². The second kappa shape index (κ2) is 6.03. The Morgan fingerprint density at radius 1 is 1.24 bits per heavy atom. The average molecular weight is 241 g/mol. The molecule has 0 aromatic heterocycles. The molecule has 17 heavy (non-hydrogen) atoms. The van der Waals surface area contributed by atoms with Gasteiger partial charge in [-0.1, -0.05) is 33.6 Å². The van der Waals surface area contributed by atoms with E-state index in [1.165, 1.54) is 0 Å². The van der Waals surface area contributed by atoms with Crippen molar-refractivity contribution >= 4 is 11.9 Å². The van der Waals surface area contributed by atoms with Crippen LogP contribution in [0, 0.1) is 11.8 Å². The van der Waals surface area contributed by atoms with Crippen LogP contribution in [0.5, 0.6) is 0 Å². The van der Waals surface area contributed by atoms with Crippen molar-refractivity contribution in [3.05, 3.63) is 0 Å². The van der Waals surface area contributed by atoms with Crippen molar-refractivity contribution in [3.63, 3.8) is 0 Å². The van der Waals surface area contributed by atoms with Crippen LogP contribution in [0.4, 0.5) is 0 Å². The van der Waals surface area contributed by atoms with E-state index in [4.69, 9.17) is 5.11 Å². The maximum Gasteiger partial charge on any atom is 0.308 e. The predicted molar refractivity (Wildman–Crippen MR) is 65.6 cm³/mol. The van der Waals surface area contributed by atoms with E-state index in [0.29, 0.717) is 6.54 Å². The van der Waals surface area contributed by atoms with Crippen LogP contribution in [-0.4, -0.2) is 34.5 Å². The molecule has 1 atom stereocenters. The molecule has 4 nitrogen and oxygen atoms in total. The van der Waals surface area contributed by atoms with Crippen LogP contribution >= 0.6 is 0 Å². The second-order valence-electron chi connectivity index (χ2n) is 5.32. The van der Waals surface area contributed by atoms with Gasteiger partial charge in [-0.3, -0.25) is 9.59 Å². The molecule has 1 amide bonds. The SMILES string of the molecule is CC(C)C(=O)N(CC(C)C(=O)O)C1CCCC1. The van der Waals surface area contributed by atoms with E-state index in [-0.39, 0.29) is 17.9 Å². The van der Waals surface area contributed by atoms with E-state index in [9.17, 15) is 9.59 Å². The lowest BCUT2D eigenvalue weighted by molar-refractivity contribution is -0.144. The Morgan fingerprint density at radius 3 is 2.18 bits per heavy atom. The Balaban J connectivity index is 2.71. The molecule has 1 rings (SSSR count). The van der Waals surface area contributed by atoms with Crippen molar-refractivity contribution in [1.29, 1.82) is 0 Å². The zero-order valence-corrected chi connectivity index (χ0v) is 11.0. The van der Waals surface area contributed by atoms with Gasteiger partial charge >= 0.3 is 5.97 Å². The second-order valence-corrected chi connectivity index (χ2v) is 5.32. The molecule has 1 aliphatic carbocycles. The van der Waals surface area contributed by atoms with Crippen LogP contribution in [0.15, 0.2) is 0 Å². The normalized spacial score (nSPS) is 18.4. The van der Waals surface area contributed by atoms with Crippen LogP contribution in [0.2, 0.25) is 0 Å². The summed E-state index contributed by atoms with van der Waals surface area (Å²) >= 11 is 0. The van der Waals surface area contributed by atoms with E-state index >= 15 is 0 Å². The third-order valence-electron chi connectivity index (χ3n) is 3.43. The van der Waals surface area contributed by atoms with Crippen molar-refractivity contribution < 1.29 is 14.7 Å². The highest BCUT2D eigenvalue weighted by molar-refractivity contribution is 5.79. The summed E-state index contributed by atoms with van der Waals surface area (Å²) in [5, 5.41) is 8.96. The molecule has 0 radical (unpaired) electrons. The molecule has 0 aromatic carbocycles. The summed E-state index contributed by atoms with van der Waals surface area (Å²) < 4.78 is 0. The third-order valence-corrected chi connectivity index (χ3v) is 3.43. The third kappa shape index (κ3) is 3.72. The lowest BCUT2D eigenvalue weighted by Crippen LogP contribution is -2.44. The van der Waals surface area contributed by atoms with Gasteiger partial charge in [0.25, 0.3) is 0 Å². The number of carbonyl (C=O) groups excluding carboxylic acids is 1. The van der Waals surface area contributed by atoms with Crippen molar-refractivity contribution in [3.8, 4) is 0 Å². The fourth-order valence-electron chi connectivity index (χ4n) is 2.34. The predicted octanol–water partition coefficient (Wildman–Crippen LogP) is 2.13. The van der Waals surface area contributed by atoms with Crippen LogP contribution in [0.25, 0.3) is 0 Å². The molecule has 0 aliphatic heterocycles. The fraction of sp³-hybridized carbons (Fsp3) is 0.846. The van der Waals surface area contributed by atoms with Gasteiger partial charge in [0.05, 0.1) is 5.92 Å². The maximum atomic E-state index is 12.1. The highest BCUT2D eigenvalue weighted by atomic mass is 16.4. The summed E-state index contributed by atoms with van der Waals surface area (Å²) in [6, 6.07) is 0.256. The summed E-state index contributed by atoms with van der Waals surface area (Å²) in [5.41, 5.74) is 0. The summed E-state index contributed by atoms with van der Waals surface area (Å²) in [6.45, 7) is 5.75. The standard InChI is InChI=1S/C13H23NO3/c1-9(2)12(15)14(8-10(3)13(16)17)11-6-4-5-7-11/h9-11H,4-8H2,1-3H3,(H,16,17). The minimum atomic E-state index is -0.829. The summed E-state index contributed by atoms with van der Waals surface area (Å²) in [4.78, 5) is 24.8. The average Bonchev–Trinajstić information content (AvgIpc) is 2.77. The van der Waals surface area contributed by atoms with E-state index in [1.54, 1.807) is 11.8 Å². The maximum absolute atomic E-state index is 12.1. The molecule has 4 heteroatoms. The molecule has 1 fully saturated rings. The van der Waals surface area contributed by atoms with Gasteiger partial charge in [-0.15, -0.1) is 0 Å². The smallest absolute Gasteiger partial charge is 0.308 e. The van der Waals surface area contributed by atoms with Gasteiger partial charge in [-0.25, -0.2) is 0 Å². The molecule has 0 saturated heterocycles. The first-order chi connectivity index (χ1) is 7.93. The van der Waals surface area contributed by atoms with Crippen LogP contribution in [0.1, 0.15) is 46.5 Å². The topological polar surface area (TPSA) is 57.6 Å². The van der Waals surface area contributed by atoms with Crippen molar-refractivity contribution in [2.75, 3.05) is 6.54 Å². The first-order valence-electron chi connectivity index (χ1n) is 6.46. The Morgan fingerprint density at radius 2 is 1.76 bits per heavy atom. The minimum absolute atomic E-state index is 0.0587. The van der Waals surface area contributed by atoms with Gasteiger partial charge in [-0.05, 0) is 12.8 Å². The number of rotatable bonds is 5. The summed E-state index contributed by atoms with van der Waals surface area (Å²) in [6.07, 6.45) is 4.33. The van der Waals surface area contributed by atoms with E-state index in [0.717, 1.165) is 25.7 Å². The summed E-state index contributed by atoms with van der Waals surface area (Å²) in [5.74, 6) is -1.29. The number of carboxylic acid groups (broad SMARTS) is 1. The van der Waals surface area contributed by atoms with Crippen molar-refractivity contribution in [1.82, 2.24) is 4.90 Å². The lowest BCUT2D eigenvalue weighted by atomic mass is 10.1. The highest BCUT2D eigenvalue weighted by Gasteiger charge is 2.30. The molecular formula is C13H23NO3. The fourth-order valence-corrected chi connectivity index (χ4v) is 2.34. The van der Waals surface area contributed by atoms with Crippen LogP contribution in [0.3, 0.4) is 0 Å². The quantitative estimate of drug-likeness (QED) is 0.802. The molecule has 0 aromatic rings. The zero-order valence-electron chi connectivity index (χ0n) is 11.0. The van der Waals surface area contributed by atoms with Gasteiger partial charge in [0.2, 0.25) is 5.91 Å². The molecule has 0 bridgehead atoms. The number of amides is 1. The Labute approximate surface area is 103 Å². The Kier molecular flexibility index (Phi) is 4.97. The largest absolute Gasteiger partial charge is 0.481 e. The number of carboxylic acids is 1. The Hall–Kier alpha value is -1.06. The van der Waals surface area contributed by atoms with E-state index in [1.807, 2.05) is 13.8 Å². The lowest BCUT2D eigenvalue weighted by Gasteiger charge is -2.32. The molecule has 1 unspecified atom stereocenters. The summed E-state index contributed by atoms with van der Waals surface area (Å²) in [7, 11) is 0. The van der Waals surface area contributed by atoms with Gasteiger partial charge in [-0.2, -0.15) is 0 Å². The van der Waals surface area contributed by atoms with E-state index in [2.05, 4.69) is 0 Å². The molecule has 98 valence electrons. The van der Waals surface area contributed by atoms with Crippen molar-refractivity contribution in [2.45, 2.75) is 52.5 Å². The number of nitrogens with zero attached hydrogens (tertiary/aromatic N) is 1. The molecule has 0 spiro atoms. The number of hydrogen-bond acceptors (Lipinski definition) is 2. The molecule has 1 aliphatic rings. The Bertz CT molecular complexity index is 282. The molecule has 1 saturated carbocycles. The van der Waals surface area contributed by atoms with Crippen molar-refractivity contribution in [2.24, 2.45) is 11.8 Å². The monoisotopic (exact) mass is 241 g/mol. The van der Waals surface area contributed by atoms with Gasteiger partial charge in [0, 0.05) is 18.5 Å².